The molecule has 0 bridgehead atoms. The van der Waals surface area contributed by atoms with E-state index in [9.17, 15) is 0 Å². The van der Waals surface area contributed by atoms with E-state index < -0.39 is 0 Å². The molecule has 1 unspecified atom stereocenters. The molecule has 0 spiro atoms. The summed E-state index contributed by atoms with van der Waals surface area (Å²) in [4.78, 5) is 0. The van der Waals surface area contributed by atoms with E-state index in [1.807, 2.05) is 0 Å². The summed E-state index contributed by atoms with van der Waals surface area (Å²) in [6, 6.07) is 0. The summed E-state index contributed by atoms with van der Waals surface area (Å²) < 4.78 is 0. The molecular formula is C15H28Al2. The van der Waals surface area contributed by atoms with Crippen LogP contribution < -0.4 is 0 Å². The van der Waals surface area contributed by atoms with E-state index in [2.05, 4.69) is 42.2 Å². The van der Waals surface area contributed by atoms with Crippen LogP contribution in [0.5, 0.6) is 0 Å². The highest BCUT2D eigenvalue weighted by molar-refractivity contribution is 6.31. The van der Waals surface area contributed by atoms with Gasteiger partial charge in [-0.25, -0.2) is 0 Å². The van der Waals surface area contributed by atoms with Crippen LogP contribution in [0.2, 0.25) is 23.1 Å². The predicted molar refractivity (Wildman–Crippen MR) is 83.4 cm³/mol. The lowest BCUT2D eigenvalue weighted by Gasteiger charge is -2.18. The zero-order chi connectivity index (χ0) is 13.1. The summed E-state index contributed by atoms with van der Waals surface area (Å²) >= 11 is 1.50. The molecule has 2 aliphatic rings. The molecule has 0 aliphatic heterocycles. The molecule has 2 heteroatoms. The van der Waals surface area contributed by atoms with Crippen molar-refractivity contribution in [2.75, 3.05) is 0 Å². The second-order valence-corrected chi connectivity index (χ2v) is 7.10. The first kappa shape index (κ1) is 17.5. The molecule has 0 saturated heterocycles. The minimum atomic E-state index is 0.750. The van der Waals surface area contributed by atoms with Crippen molar-refractivity contribution in [1.82, 2.24) is 0 Å². The highest BCUT2D eigenvalue weighted by Crippen LogP contribution is 2.37. The largest absolute Gasteiger partial charge is 0.191 e. The highest BCUT2D eigenvalue weighted by Gasteiger charge is 2.20. The summed E-state index contributed by atoms with van der Waals surface area (Å²) in [6.07, 6.45) is 11.6. The molecule has 0 aromatic rings. The molecule has 2 aliphatic carbocycles. The van der Waals surface area contributed by atoms with Crippen LogP contribution in [0.3, 0.4) is 0 Å². The van der Waals surface area contributed by atoms with Crippen molar-refractivity contribution < 1.29 is 0 Å². The molecule has 0 N–H and O–H groups in total. The van der Waals surface area contributed by atoms with Crippen molar-refractivity contribution in [2.45, 2.75) is 62.2 Å². The molecule has 0 heterocycles. The third-order valence-electron chi connectivity index (χ3n) is 2.97. The Hall–Kier alpha value is 0.545. The van der Waals surface area contributed by atoms with E-state index in [0.717, 1.165) is 36.4 Å². The van der Waals surface area contributed by atoms with Crippen molar-refractivity contribution in [1.29, 1.82) is 0 Å². The third-order valence-corrected chi connectivity index (χ3v) is 2.97. The maximum atomic E-state index is 2.40. The molecule has 0 amide bonds. The highest BCUT2D eigenvalue weighted by atomic mass is 27.1. The number of allylic oxidation sites excluding steroid dienone is 4. The normalized spacial score (nSPS) is 20.6. The molecule has 17 heavy (non-hydrogen) atoms. The molecule has 0 saturated carbocycles. The molecule has 2 radical (unpaired) electrons. The Bertz CT molecular complexity index is 239. The van der Waals surface area contributed by atoms with Crippen molar-refractivity contribution in [3.8, 4) is 0 Å². The van der Waals surface area contributed by atoms with Crippen LogP contribution in [0, 0.1) is 5.92 Å². The van der Waals surface area contributed by atoms with Crippen LogP contribution in [0.1, 0.15) is 39.0 Å². The lowest BCUT2D eigenvalue weighted by Crippen LogP contribution is -2.02. The van der Waals surface area contributed by atoms with Crippen molar-refractivity contribution in [3.05, 3.63) is 23.3 Å². The van der Waals surface area contributed by atoms with Gasteiger partial charge in [-0.2, -0.15) is 0 Å². The average Bonchev–Trinajstić information content (AvgIpc) is 2.74. The summed E-state index contributed by atoms with van der Waals surface area (Å²) in [5.74, 6) is 9.64. The number of hydrogen-bond donors (Lipinski definition) is 0. The lowest BCUT2D eigenvalue weighted by molar-refractivity contribution is 0.614. The van der Waals surface area contributed by atoms with Gasteiger partial charge < -0.3 is 0 Å². The fraction of sp³-hybridized carbons (Fsp3) is 0.733. The van der Waals surface area contributed by atoms with Crippen molar-refractivity contribution >= 4 is 30.4 Å². The van der Waals surface area contributed by atoms with Gasteiger partial charge in [-0.15, -0.1) is 23.1 Å². The Labute approximate surface area is 121 Å². The maximum Gasteiger partial charge on any atom is 0.191 e. The Morgan fingerprint density at radius 1 is 1.06 bits per heavy atom. The van der Waals surface area contributed by atoms with E-state index in [4.69, 9.17) is 0 Å². The van der Waals surface area contributed by atoms with Crippen LogP contribution in [0.4, 0.5) is 0 Å². The SMILES string of the molecule is CCC1C=CC2=C1CCCC2.[CH3][Al][CH3].[CH3][Al][CH3]. The average molecular weight is 262 g/mol. The zero-order valence-electron chi connectivity index (χ0n) is 12.4. The molecular weight excluding hydrogens is 234 g/mol. The molecule has 2 rings (SSSR count). The second kappa shape index (κ2) is 11.6. The second-order valence-electron chi connectivity index (χ2n) is 4.79. The molecule has 0 nitrogen and oxygen atoms in total. The summed E-state index contributed by atoms with van der Waals surface area (Å²) in [7, 11) is 0. The van der Waals surface area contributed by atoms with Crippen molar-refractivity contribution in [2.24, 2.45) is 5.92 Å². The standard InChI is InChI=1S/C11H16.4CH3.2Al/c1-2-9-7-8-10-5-3-4-6-11(9)10;;;;;;/h7-9H,2-6H2,1H3;4*1H3;;. The number of rotatable bonds is 1. The topological polar surface area (TPSA) is 0 Å². The summed E-state index contributed by atoms with van der Waals surface area (Å²) in [6.45, 7) is 2.29. The van der Waals surface area contributed by atoms with Gasteiger partial charge in [-0.3, -0.25) is 0 Å². The van der Waals surface area contributed by atoms with Gasteiger partial charge in [0.25, 0.3) is 0 Å². The monoisotopic (exact) mass is 262 g/mol. The maximum absolute atomic E-state index is 2.40. The molecule has 94 valence electrons. The fourth-order valence-electron chi connectivity index (χ4n) is 2.30. The van der Waals surface area contributed by atoms with E-state index in [1.165, 1.54) is 32.1 Å². The summed E-state index contributed by atoms with van der Waals surface area (Å²) in [5, 5.41) is 0. The lowest BCUT2D eigenvalue weighted by atomic mass is 9.88. The van der Waals surface area contributed by atoms with Gasteiger partial charge in [0.05, 0.1) is 0 Å². The van der Waals surface area contributed by atoms with E-state index in [1.54, 1.807) is 11.1 Å². The minimum Gasteiger partial charge on any atom is -0.115 e. The first-order valence-corrected chi connectivity index (χ1v) is 11.7. The van der Waals surface area contributed by atoms with Crippen LogP contribution in [-0.2, 0) is 0 Å². The first-order chi connectivity index (χ1) is 8.24. The van der Waals surface area contributed by atoms with Crippen LogP contribution in [-0.4, -0.2) is 30.4 Å². The van der Waals surface area contributed by atoms with Crippen LogP contribution in [0.25, 0.3) is 0 Å². The summed E-state index contributed by atoms with van der Waals surface area (Å²) in [5.41, 5.74) is 3.43. The van der Waals surface area contributed by atoms with E-state index in [0.29, 0.717) is 0 Å². The Morgan fingerprint density at radius 3 is 2.12 bits per heavy atom. The van der Waals surface area contributed by atoms with Crippen molar-refractivity contribution in [3.63, 3.8) is 0 Å². The minimum absolute atomic E-state index is 0.750. The van der Waals surface area contributed by atoms with Gasteiger partial charge in [-0.1, -0.05) is 24.6 Å². The zero-order valence-corrected chi connectivity index (χ0v) is 14.7. The predicted octanol–water partition coefficient (Wildman–Crippen LogP) is 5.03. The molecule has 1 atom stereocenters. The Kier molecular flexibility index (Phi) is 12.0. The van der Waals surface area contributed by atoms with Gasteiger partial charge in [0.15, 0.2) is 30.4 Å². The molecule has 0 fully saturated rings. The van der Waals surface area contributed by atoms with Gasteiger partial charge >= 0.3 is 0 Å². The number of hydrogen-bond acceptors (Lipinski definition) is 0. The van der Waals surface area contributed by atoms with Crippen LogP contribution >= 0.6 is 0 Å². The molecule has 0 aromatic heterocycles. The quantitative estimate of drug-likeness (QED) is 0.582. The Morgan fingerprint density at radius 2 is 1.59 bits per heavy atom. The van der Waals surface area contributed by atoms with E-state index >= 15 is 0 Å². The first-order valence-electron chi connectivity index (χ1n) is 7.13. The molecule has 0 aromatic carbocycles. The van der Waals surface area contributed by atoms with Crippen LogP contribution in [0.15, 0.2) is 23.3 Å². The van der Waals surface area contributed by atoms with Gasteiger partial charge in [0.1, 0.15) is 0 Å². The van der Waals surface area contributed by atoms with Gasteiger partial charge in [0, 0.05) is 0 Å². The third kappa shape index (κ3) is 6.89. The van der Waals surface area contributed by atoms with Gasteiger partial charge in [-0.05, 0) is 43.6 Å². The van der Waals surface area contributed by atoms with Gasteiger partial charge in [0.2, 0.25) is 0 Å². The fourth-order valence-corrected chi connectivity index (χ4v) is 2.30. The smallest absolute Gasteiger partial charge is 0.115 e. The van der Waals surface area contributed by atoms with E-state index in [-0.39, 0.29) is 0 Å². The Balaban J connectivity index is 0.000000366.